The summed E-state index contributed by atoms with van der Waals surface area (Å²) >= 11 is 0. The van der Waals surface area contributed by atoms with Crippen molar-refractivity contribution in [3.8, 4) is 17.5 Å². The number of hydrogen-bond donors (Lipinski definition) is 1. The van der Waals surface area contributed by atoms with Gasteiger partial charge in [0.05, 0.1) is 29.1 Å². The molecule has 0 bridgehead atoms. The van der Waals surface area contributed by atoms with Gasteiger partial charge in [0.25, 0.3) is 0 Å². The second-order valence-corrected chi connectivity index (χ2v) is 10.7. The summed E-state index contributed by atoms with van der Waals surface area (Å²) in [6.07, 6.45) is 6.55. The Morgan fingerprint density at radius 1 is 1.10 bits per heavy atom. The summed E-state index contributed by atoms with van der Waals surface area (Å²) in [6, 6.07) is 11.9. The van der Waals surface area contributed by atoms with Crippen LogP contribution < -0.4 is 14.8 Å². The Morgan fingerprint density at radius 3 is 2.92 bits per heavy atom. The molecular weight excluding hydrogens is 511 g/mol. The lowest BCUT2D eigenvalue weighted by Gasteiger charge is -2.30. The van der Waals surface area contributed by atoms with Crippen molar-refractivity contribution in [1.29, 1.82) is 0 Å². The molecule has 2 aliphatic rings. The topological polar surface area (TPSA) is 103 Å². The lowest BCUT2D eigenvalue weighted by Crippen LogP contribution is -2.43. The number of alkyl halides is 1. The van der Waals surface area contributed by atoms with E-state index in [0.717, 1.165) is 53.2 Å². The number of aromatic nitrogens is 6. The van der Waals surface area contributed by atoms with E-state index < -0.39 is 6.17 Å². The maximum atomic E-state index is 14.1. The molecule has 10 nitrogen and oxygen atoms in total. The van der Waals surface area contributed by atoms with Crippen molar-refractivity contribution in [1.82, 2.24) is 34.4 Å². The van der Waals surface area contributed by atoms with Crippen molar-refractivity contribution in [3.05, 3.63) is 60.8 Å². The molecule has 0 amide bonds. The second kappa shape index (κ2) is 9.67. The monoisotopic (exact) mass is 540 g/mol. The van der Waals surface area contributed by atoms with Crippen molar-refractivity contribution < 1.29 is 13.9 Å². The standard InChI is InChI=1S/C29H29FN8O2/c1-18-10-20(4-7-25(18)40-21-5-6-24-22(11-21)34-17-37(24)2)35-27-26-23(32-16-33-27)13-31-28(36-26)39-15-29-8-3-9-38(29)14-19(30)12-29/h4-7,10-11,13,16-17,19H,3,8-9,12,14-15H2,1-2H3,(H,32,33,35). The van der Waals surface area contributed by atoms with Crippen LogP contribution in [0.3, 0.4) is 0 Å². The molecule has 1 N–H and O–H groups in total. The van der Waals surface area contributed by atoms with Crippen LogP contribution in [-0.4, -0.2) is 65.8 Å². The molecular formula is C29H29FN8O2. The van der Waals surface area contributed by atoms with Crippen LogP contribution in [0.1, 0.15) is 24.8 Å². The zero-order valence-corrected chi connectivity index (χ0v) is 22.3. The maximum Gasteiger partial charge on any atom is 0.317 e. The minimum atomic E-state index is -0.810. The summed E-state index contributed by atoms with van der Waals surface area (Å²) in [6.45, 7) is 3.74. The van der Waals surface area contributed by atoms with Gasteiger partial charge in [0.1, 0.15) is 41.6 Å². The molecule has 204 valence electrons. The molecule has 0 spiro atoms. The minimum absolute atomic E-state index is 0.235. The van der Waals surface area contributed by atoms with E-state index in [1.54, 1.807) is 12.5 Å². The van der Waals surface area contributed by atoms with Crippen LogP contribution in [0.2, 0.25) is 0 Å². The molecule has 0 saturated carbocycles. The van der Waals surface area contributed by atoms with E-state index in [1.165, 1.54) is 6.33 Å². The number of imidazole rings is 1. The van der Waals surface area contributed by atoms with Crippen LogP contribution in [0.4, 0.5) is 15.9 Å². The van der Waals surface area contributed by atoms with Crippen molar-refractivity contribution in [2.24, 2.45) is 7.05 Å². The molecule has 2 fully saturated rings. The Balaban J connectivity index is 1.09. The molecule has 0 aliphatic carbocycles. The molecule has 3 aromatic heterocycles. The zero-order valence-electron chi connectivity index (χ0n) is 22.3. The number of nitrogens with one attached hydrogen (secondary N) is 1. The van der Waals surface area contributed by atoms with Gasteiger partial charge in [-0.05, 0) is 62.2 Å². The number of anilines is 2. The molecule has 2 aliphatic heterocycles. The summed E-state index contributed by atoms with van der Waals surface area (Å²) in [7, 11) is 1.97. The maximum absolute atomic E-state index is 14.1. The summed E-state index contributed by atoms with van der Waals surface area (Å²) in [5, 5.41) is 3.35. The molecule has 2 aromatic carbocycles. The number of hydrogen-bond acceptors (Lipinski definition) is 9. The molecule has 2 atom stereocenters. The normalized spacial score (nSPS) is 20.7. The van der Waals surface area contributed by atoms with Crippen LogP contribution in [0.15, 0.2) is 55.2 Å². The summed E-state index contributed by atoms with van der Waals surface area (Å²) in [5.74, 6) is 2.01. The Labute approximate surface area is 230 Å². The van der Waals surface area contributed by atoms with E-state index in [9.17, 15) is 4.39 Å². The lowest BCUT2D eigenvalue weighted by atomic mass is 9.95. The third-order valence-electron chi connectivity index (χ3n) is 7.95. The third-order valence-corrected chi connectivity index (χ3v) is 7.95. The SMILES string of the molecule is Cc1cc(Nc2ncnc3cnc(OCC45CCCN4CC(F)C5)nc23)ccc1Oc1ccc2c(c1)ncn2C. The first kappa shape index (κ1) is 24.6. The van der Waals surface area contributed by atoms with Gasteiger partial charge in [-0.1, -0.05) is 0 Å². The predicted molar refractivity (Wildman–Crippen MR) is 149 cm³/mol. The number of benzene rings is 2. The number of nitrogens with zero attached hydrogens (tertiary/aromatic N) is 7. The van der Waals surface area contributed by atoms with E-state index in [2.05, 4.69) is 35.1 Å². The van der Waals surface area contributed by atoms with E-state index in [4.69, 9.17) is 9.47 Å². The van der Waals surface area contributed by atoms with Crippen molar-refractivity contribution >= 4 is 33.6 Å². The van der Waals surface area contributed by atoms with Crippen LogP contribution in [0.25, 0.3) is 22.1 Å². The summed E-state index contributed by atoms with van der Waals surface area (Å²) < 4.78 is 28.3. The molecule has 5 heterocycles. The highest BCUT2D eigenvalue weighted by atomic mass is 19.1. The van der Waals surface area contributed by atoms with Gasteiger partial charge in [-0.3, -0.25) is 4.90 Å². The Kier molecular flexibility index (Phi) is 5.96. The van der Waals surface area contributed by atoms with Crippen LogP contribution >= 0.6 is 0 Å². The molecule has 0 radical (unpaired) electrons. The van der Waals surface area contributed by atoms with E-state index >= 15 is 0 Å². The van der Waals surface area contributed by atoms with Gasteiger partial charge < -0.3 is 19.4 Å². The zero-order chi connectivity index (χ0) is 27.3. The quantitative estimate of drug-likeness (QED) is 0.302. The lowest BCUT2D eigenvalue weighted by molar-refractivity contribution is 0.107. The first-order chi connectivity index (χ1) is 19.5. The second-order valence-electron chi connectivity index (χ2n) is 10.7. The first-order valence-corrected chi connectivity index (χ1v) is 13.4. The molecule has 2 unspecified atom stereocenters. The van der Waals surface area contributed by atoms with Gasteiger partial charge in [-0.15, -0.1) is 0 Å². The van der Waals surface area contributed by atoms with Crippen LogP contribution in [0.5, 0.6) is 17.5 Å². The van der Waals surface area contributed by atoms with Crippen molar-refractivity contribution in [2.75, 3.05) is 25.0 Å². The Morgan fingerprint density at radius 2 is 2.02 bits per heavy atom. The average molecular weight is 541 g/mol. The fourth-order valence-electron chi connectivity index (χ4n) is 5.93. The molecule has 7 rings (SSSR count). The van der Waals surface area contributed by atoms with E-state index in [-0.39, 0.29) is 11.5 Å². The summed E-state index contributed by atoms with van der Waals surface area (Å²) in [5.41, 5.74) is 4.58. The molecule has 11 heteroatoms. The highest BCUT2D eigenvalue weighted by Crippen LogP contribution is 2.40. The smallest absolute Gasteiger partial charge is 0.317 e. The molecule has 2 saturated heterocycles. The average Bonchev–Trinajstić information content (AvgIpc) is 3.60. The van der Waals surface area contributed by atoms with Gasteiger partial charge in [-0.2, -0.15) is 4.98 Å². The van der Waals surface area contributed by atoms with E-state index in [1.807, 2.05) is 54.9 Å². The third kappa shape index (κ3) is 4.45. The van der Waals surface area contributed by atoms with Gasteiger partial charge >= 0.3 is 6.01 Å². The fraction of sp³-hybridized carbons (Fsp3) is 0.345. The highest BCUT2D eigenvalue weighted by molar-refractivity contribution is 5.86. The number of rotatable bonds is 7. The predicted octanol–water partition coefficient (Wildman–Crippen LogP) is 5.11. The number of fused-ring (bicyclic) bond motifs is 3. The van der Waals surface area contributed by atoms with Crippen molar-refractivity contribution in [3.63, 3.8) is 0 Å². The van der Waals surface area contributed by atoms with Gasteiger partial charge in [0.2, 0.25) is 0 Å². The van der Waals surface area contributed by atoms with Crippen LogP contribution in [0, 0.1) is 6.92 Å². The molecule has 40 heavy (non-hydrogen) atoms. The van der Waals surface area contributed by atoms with Gasteiger partial charge in [0, 0.05) is 31.8 Å². The number of aryl methyl sites for hydroxylation is 2. The largest absolute Gasteiger partial charge is 0.461 e. The number of halogens is 1. The van der Waals surface area contributed by atoms with Crippen LogP contribution in [-0.2, 0) is 7.05 Å². The highest BCUT2D eigenvalue weighted by Gasteiger charge is 2.49. The van der Waals surface area contributed by atoms with Gasteiger partial charge in [-0.25, -0.2) is 24.3 Å². The van der Waals surface area contributed by atoms with Gasteiger partial charge in [0.15, 0.2) is 5.82 Å². The minimum Gasteiger partial charge on any atom is -0.461 e. The first-order valence-electron chi connectivity index (χ1n) is 13.4. The summed E-state index contributed by atoms with van der Waals surface area (Å²) in [4.78, 5) is 24.3. The number of ether oxygens (including phenoxy) is 2. The Bertz CT molecular complexity index is 1730. The fourth-order valence-corrected chi connectivity index (χ4v) is 5.93. The van der Waals surface area contributed by atoms with Crippen molar-refractivity contribution in [2.45, 2.75) is 37.9 Å². The molecule has 5 aromatic rings. The van der Waals surface area contributed by atoms with E-state index in [0.29, 0.717) is 36.4 Å². The Hall–Kier alpha value is -4.38.